The average molecular weight is 513 g/mol. The SMILES string of the molecule is O=C1NC(=O)N(c2ccc(F)cc2)C(=O)/C1=C/c1cc(Br)ccc1OCc1cccc(F)c1. The molecule has 1 fully saturated rings. The maximum atomic E-state index is 13.4. The van der Waals surface area contributed by atoms with Gasteiger partial charge in [0.1, 0.15) is 29.6 Å². The van der Waals surface area contributed by atoms with Gasteiger partial charge in [0.15, 0.2) is 0 Å². The van der Waals surface area contributed by atoms with Gasteiger partial charge >= 0.3 is 6.03 Å². The van der Waals surface area contributed by atoms with Crippen molar-refractivity contribution in [1.29, 1.82) is 0 Å². The van der Waals surface area contributed by atoms with Crippen LogP contribution in [0.5, 0.6) is 5.75 Å². The number of rotatable bonds is 5. The predicted molar refractivity (Wildman–Crippen MR) is 120 cm³/mol. The number of ether oxygens (including phenoxy) is 1. The van der Waals surface area contributed by atoms with Crippen molar-refractivity contribution in [3.8, 4) is 5.75 Å². The zero-order chi connectivity index (χ0) is 23.5. The Labute approximate surface area is 195 Å². The molecule has 1 aliphatic heterocycles. The summed E-state index contributed by atoms with van der Waals surface area (Å²) in [6.45, 7) is 0.0515. The first-order chi connectivity index (χ1) is 15.8. The van der Waals surface area contributed by atoms with E-state index >= 15 is 0 Å². The van der Waals surface area contributed by atoms with Crippen LogP contribution >= 0.6 is 15.9 Å². The lowest BCUT2D eigenvalue weighted by Gasteiger charge is -2.26. The van der Waals surface area contributed by atoms with E-state index in [1.807, 2.05) is 0 Å². The highest BCUT2D eigenvalue weighted by atomic mass is 79.9. The molecule has 3 aromatic rings. The van der Waals surface area contributed by atoms with Crippen LogP contribution in [0.2, 0.25) is 0 Å². The summed E-state index contributed by atoms with van der Waals surface area (Å²) in [6, 6.07) is 14.7. The van der Waals surface area contributed by atoms with Crippen molar-refractivity contribution in [3.63, 3.8) is 0 Å². The van der Waals surface area contributed by atoms with Crippen molar-refractivity contribution < 1.29 is 27.9 Å². The zero-order valence-corrected chi connectivity index (χ0v) is 18.4. The molecule has 4 rings (SSSR count). The lowest BCUT2D eigenvalue weighted by molar-refractivity contribution is -0.122. The second-order valence-electron chi connectivity index (χ2n) is 7.04. The highest BCUT2D eigenvalue weighted by molar-refractivity contribution is 9.10. The van der Waals surface area contributed by atoms with Crippen molar-refractivity contribution in [3.05, 3.63) is 99.5 Å². The normalized spacial score (nSPS) is 15.1. The number of nitrogens with one attached hydrogen (secondary N) is 1. The first kappa shape index (κ1) is 22.3. The fourth-order valence-electron chi connectivity index (χ4n) is 3.19. The molecule has 166 valence electrons. The van der Waals surface area contributed by atoms with Crippen LogP contribution in [0.25, 0.3) is 6.08 Å². The minimum Gasteiger partial charge on any atom is -0.488 e. The van der Waals surface area contributed by atoms with Gasteiger partial charge in [0.2, 0.25) is 0 Å². The Morgan fingerprint density at radius 1 is 0.939 bits per heavy atom. The quantitative estimate of drug-likeness (QED) is 0.386. The first-order valence-electron chi connectivity index (χ1n) is 9.65. The van der Waals surface area contributed by atoms with E-state index in [-0.39, 0.29) is 17.9 Å². The number of carbonyl (C=O) groups excluding carboxylic acids is 3. The van der Waals surface area contributed by atoms with Crippen LogP contribution in [-0.4, -0.2) is 17.8 Å². The van der Waals surface area contributed by atoms with Gasteiger partial charge in [-0.15, -0.1) is 0 Å². The molecule has 1 saturated heterocycles. The number of benzene rings is 3. The molecule has 33 heavy (non-hydrogen) atoms. The Bertz CT molecular complexity index is 1290. The minimum absolute atomic E-state index is 0.0515. The fraction of sp³-hybridized carbons (Fsp3) is 0.0417. The molecule has 0 aromatic heterocycles. The van der Waals surface area contributed by atoms with Gasteiger partial charge in [-0.3, -0.25) is 14.9 Å². The third-order valence-electron chi connectivity index (χ3n) is 4.74. The van der Waals surface area contributed by atoms with Crippen molar-refractivity contribution in [2.45, 2.75) is 6.61 Å². The highest BCUT2D eigenvalue weighted by Gasteiger charge is 2.37. The van der Waals surface area contributed by atoms with E-state index in [9.17, 15) is 23.2 Å². The van der Waals surface area contributed by atoms with Gasteiger partial charge in [0.05, 0.1) is 5.69 Å². The van der Waals surface area contributed by atoms with Crippen molar-refractivity contribution in [2.75, 3.05) is 4.90 Å². The Hall–Kier alpha value is -3.85. The molecule has 0 atom stereocenters. The monoisotopic (exact) mass is 512 g/mol. The second kappa shape index (κ2) is 9.33. The molecule has 1 heterocycles. The number of carbonyl (C=O) groups is 3. The van der Waals surface area contributed by atoms with Crippen LogP contribution in [0.4, 0.5) is 19.3 Å². The Balaban J connectivity index is 1.67. The van der Waals surface area contributed by atoms with Gasteiger partial charge in [0.25, 0.3) is 11.8 Å². The topological polar surface area (TPSA) is 75.7 Å². The molecule has 0 spiro atoms. The van der Waals surface area contributed by atoms with Crippen molar-refractivity contribution in [1.82, 2.24) is 5.32 Å². The summed E-state index contributed by atoms with van der Waals surface area (Å²) in [6.07, 6.45) is 1.30. The van der Waals surface area contributed by atoms with E-state index in [2.05, 4.69) is 21.2 Å². The number of halogens is 3. The van der Waals surface area contributed by atoms with Gasteiger partial charge < -0.3 is 4.74 Å². The zero-order valence-electron chi connectivity index (χ0n) is 16.8. The van der Waals surface area contributed by atoms with Gasteiger partial charge in [-0.25, -0.2) is 18.5 Å². The first-order valence-corrected chi connectivity index (χ1v) is 10.4. The van der Waals surface area contributed by atoms with E-state index in [1.165, 1.54) is 30.3 Å². The molecule has 0 unspecified atom stereocenters. The van der Waals surface area contributed by atoms with Gasteiger partial charge in [-0.05, 0) is 66.2 Å². The van der Waals surface area contributed by atoms with Gasteiger partial charge in [-0.2, -0.15) is 0 Å². The number of imide groups is 2. The Morgan fingerprint density at radius 2 is 1.70 bits per heavy atom. The highest BCUT2D eigenvalue weighted by Crippen LogP contribution is 2.29. The van der Waals surface area contributed by atoms with E-state index in [4.69, 9.17) is 4.74 Å². The molecule has 6 nitrogen and oxygen atoms in total. The van der Waals surface area contributed by atoms with E-state index in [0.29, 0.717) is 21.3 Å². The molecule has 0 bridgehead atoms. The lowest BCUT2D eigenvalue weighted by atomic mass is 10.1. The van der Waals surface area contributed by atoms with E-state index in [1.54, 1.807) is 30.3 Å². The van der Waals surface area contributed by atoms with Gasteiger partial charge in [0, 0.05) is 10.0 Å². The fourth-order valence-corrected chi connectivity index (χ4v) is 3.57. The van der Waals surface area contributed by atoms with Crippen LogP contribution in [0.15, 0.2) is 76.8 Å². The van der Waals surface area contributed by atoms with Crippen LogP contribution < -0.4 is 15.0 Å². The van der Waals surface area contributed by atoms with Crippen LogP contribution in [-0.2, 0) is 16.2 Å². The molecular weight excluding hydrogens is 498 g/mol. The number of amides is 4. The smallest absolute Gasteiger partial charge is 0.335 e. The third kappa shape index (κ3) is 4.98. The summed E-state index contributed by atoms with van der Waals surface area (Å²) in [5.74, 6) is -2.35. The molecule has 1 N–H and O–H groups in total. The van der Waals surface area contributed by atoms with Gasteiger partial charge in [-0.1, -0.05) is 28.1 Å². The molecular formula is C24H15BrF2N2O4. The number of nitrogens with zero attached hydrogens (tertiary/aromatic N) is 1. The van der Waals surface area contributed by atoms with Crippen molar-refractivity contribution >= 4 is 45.5 Å². The summed E-state index contributed by atoms with van der Waals surface area (Å²) in [4.78, 5) is 38.5. The molecule has 1 aliphatic rings. The molecule has 0 radical (unpaired) electrons. The van der Waals surface area contributed by atoms with Crippen LogP contribution in [0.1, 0.15) is 11.1 Å². The summed E-state index contributed by atoms with van der Waals surface area (Å²) in [5, 5.41) is 2.11. The Morgan fingerprint density at radius 3 is 2.42 bits per heavy atom. The van der Waals surface area contributed by atoms with Crippen molar-refractivity contribution in [2.24, 2.45) is 0 Å². The molecule has 3 aromatic carbocycles. The Kier molecular flexibility index (Phi) is 6.32. The van der Waals surface area contributed by atoms with E-state index in [0.717, 1.165) is 17.0 Å². The van der Waals surface area contributed by atoms with E-state index < -0.39 is 29.5 Å². The molecule has 4 amide bonds. The maximum Gasteiger partial charge on any atom is 0.335 e. The third-order valence-corrected chi connectivity index (χ3v) is 5.23. The number of hydrogen-bond acceptors (Lipinski definition) is 4. The predicted octanol–water partition coefficient (Wildman–Crippen LogP) is 4.97. The molecule has 9 heteroatoms. The lowest BCUT2D eigenvalue weighted by Crippen LogP contribution is -2.54. The van der Waals surface area contributed by atoms with Crippen LogP contribution in [0.3, 0.4) is 0 Å². The summed E-state index contributed by atoms with van der Waals surface area (Å²) in [5.41, 5.74) is 0.769. The second-order valence-corrected chi connectivity index (χ2v) is 7.95. The number of barbiturate groups is 1. The number of anilines is 1. The molecule has 0 saturated carbocycles. The summed E-state index contributed by atoms with van der Waals surface area (Å²) in [7, 11) is 0. The summed E-state index contributed by atoms with van der Waals surface area (Å²) >= 11 is 3.34. The standard InChI is InChI=1S/C24H15BrF2N2O4/c25-16-4-9-21(33-13-14-2-1-3-18(27)10-14)15(11-16)12-20-22(30)28-24(32)29(23(20)31)19-7-5-17(26)6-8-19/h1-12H,13H2,(H,28,30,32)/b20-12+. The number of hydrogen-bond donors (Lipinski definition) is 1. The largest absolute Gasteiger partial charge is 0.488 e. The average Bonchev–Trinajstić information content (AvgIpc) is 2.77. The maximum absolute atomic E-state index is 13.4. The molecule has 0 aliphatic carbocycles. The minimum atomic E-state index is -0.939. The summed E-state index contributed by atoms with van der Waals surface area (Å²) < 4.78 is 33.2. The van der Waals surface area contributed by atoms with Crippen LogP contribution in [0, 0.1) is 11.6 Å². The number of urea groups is 1.